The molecule has 1 aliphatic heterocycles. The van der Waals surface area contributed by atoms with E-state index in [-0.39, 0.29) is 11.9 Å². The van der Waals surface area contributed by atoms with Crippen LogP contribution < -0.4 is 15.4 Å². The third-order valence-corrected chi connectivity index (χ3v) is 5.17. The Morgan fingerprint density at radius 3 is 2.48 bits per heavy atom. The number of benzene rings is 1. The van der Waals surface area contributed by atoms with E-state index >= 15 is 0 Å². The molecule has 2 heterocycles. The van der Waals surface area contributed by atoms with Gasteiger partial charge in [-0.15, -0.1) is 0 Å². The molecule has 0 bridgehead atoms. The van der Waals surface area contributed by atoms with Crippen LogP contribution in [0.5, 0.6) is 5.75 Å². The first kappa shape index (κ1) is 19.2. The summed E-state index contributed by atoms with van der Waals surface area (Å²) < 4.78 is 5.09. The van der Waals surface area contributed by atoms with E-state index in [1.807, 2.05) is 21.7 Å². The van der Waals surface area contributed by atoms with E-state index in [0.29, 0.717) is 25.3 Å². The van der Waals surface area contributed by atoms with Crippen molar-refractivity contribution in [3.05, 3.63) is 46.7 Å². The van der Waals surface area contributed by atoms with Crippen molar-refractivity contribution in [1.29, 1.82) is 0 Å². The summed E-state index contributed by atoms with van der Waals surface area (Å²) in [5, 5.41) is 9.47. The average molecular weight is 388 g/mol. The van der Waals surface area contributed by atoms with Gasteiger partial charge in [-0.2, -0.15) is 11.3 Å². The van der Waals surface area contributed by atoms with E-state index in [0.717, 1.165) is 30.9 Å². The molecule has 0 atom stereocenters. The van der Waals surface area contributed by atoms with Crippen LogP contribution in [-0.2, 0) is 0 Å². The van der Waals surface area contributed by atoms with Gasteiger partial charge in [0, 0.05) is 50.3 Å². The molecule has 1 aromatic carbocycles. The molecule has 144 valence electrons. The van der Waals surface area contributed by atoms with Gasteiger partial charge in [0.05, 0.1) is 12.7 Å². The third kappa shape index (κ3) is 5.45. The summed E-state index contributed by atoms with van der Waals surface area (Å²) in [5.74, 6) is 0.852. The van der Waals surface area contributed by atoms with Crippen LogP contribution >= 0.6 is 11.3 Å². The highest BCUT2D eigenvalue weighted by molar-refractivity contribution is 7.08. The fraction of sp³-hybridized carbons (Fsp3) is 0.368. The first-order chi connectivity index (χ1) is 13.2. The predicted molar refractivity (Wildman–Crippen MR) is 107 cm³/mol. The Balaban J connectivity index is 1.34. The van der Waals surface area contributed by atoms with E-state index in [2.05, 4.69) is 15.5 Å². The zero-order valence-electron chi connectivity index (χ0n) is 15.3. The SMILES string of the molecule is COc1ccc(NC(=O)NCCN2CCN(C(=O)c3ccsc3)CC2)cc1. The van der Waals surface area contributed by atoms with Crippen molar-refractivity contribution in [3.63, 3.8) is 0 Å². The lowest BCUT2D eigenvalue weighted by molar-refractivity contribution is 0.0640. The van der Waals surface area contributed by atoms with Gasteiger partial charge in [0.25, 0.3) is 5.91 Å². The van der Waals surface area contributed by atoms with Gasteiger partial charge >= 0.3 is 6.03 Å². The van der Waals surface area contributed by atoms with E-state index in [9.17, 15) is 9.59 Å². The minimum Gasteiger partial charge on any atom is -0.497 e. The molecular weight excluding hydrogens is 364 g/mol. The Morgan fingerprint density at radius 1 is 1.11 bits per heavy atom. The summed E-state index contributed by atoms with van der Waals surface area (Å²) in [4.78, 5) is 28.4. The summed E-state index contributed by atoms with van der Waals surface area (Å²) >= 11 is 1.54. The highest BCUT2D eigenvalue weighted by atomic mass is 32.1. The quantitative estimate of drug-likeness (QED) is 0.797. The standard InChI is InChI=1S/C19H24N4O3S/c1-26-17-4-2-16(3-5-17)21-19(25)20-7-8-22-9-11-23(12-10-22)18(24)15-6-13-27-14-15/h2-6,13-14H,7-12H2,1H3,(H2,20,21,25). The molecule has 8 heteroatoms. The van der Waals surface area contributed by atoms with Gasteiger partial charge in [-0.25, -0.2) is 4.79 Å². The molecule has 1 aromatic heterocycles. The number of hydrogen-bond acceptors (Lipinski definition) is 5. The van der Waals surface area contributed by atoms with Crippen LogP contribution in [-0.4, -0.2) is 68.1 Å². The fourth-order valence-electron chi connectivity index (χ4n) is 2.92. The molecule has 0 radical (unpaired) electrons. The lowest BCUT2D eigenvalue weighted by Gasteiger charge is -2.34. The van der Waals surface area contributed by atoms with Crippen molar-refractivity contribution >= 4 is 29.0 Å². The van der Waals surface area contributed by atoms with Crippen molar-refractivity contribution in [2.75, 3.05) is 51.7 Å². The zero-order chi connectivity index (χ0) is 19.1. The highest BCUT2D eigenvalue weighted by Crippen LogP contribution is 2.15. The van der Waals surface area contributed by atoms with Crippen molar-refractivity contribution in [1.82, 2.24) is 15.1 Å². The number of methoxy groups -OCH3 is 1. The molecule has 1 aliphatic rings. The number of amides is 3. The second kappa shape index (κ2) is 9.38. The normalized spacial score (nSPS) is 14.6. The zero-order valence-corrected chi connectivity index (χ0v) is 16.1. The molecule has 1 fully saturated rings. The molecular formula is C19H24N4O3S. The molecule has 0 aliphatic carbocycles. The Bertz CT molecular complexity index is 741. The molecule has 3 amide bonds. The number of anilines is 1. The second-order valence-electron chi connectivity index (χ2n) is 6.26. The number of carbonyl (C=O) groups is 2. The van der Waals surface area contributed by atoms with Gasteiger partial charge < -0.3 is 20.3 Å². The summed E-state index contributed by atoms with van der Waals surface area (Å²) in [6.45, 7) is 4.38. The Hall–Kier alpha value is -2.58. The molecule has 1 saturated heterocycles. The third-order valence-electron chi connectivity index (χ3n) is 4.49. The van der Waals surface area contributed by atoms with Crippen LogP contribution in [0.15, 0.2) is 41.1 Å². The molecule has 7 nitrogen and oxygen atoms in total. The maximum Gasteiger partial charge on any atom is 0.319 e. The van der Waals surface area contributed by atoms with Crippen LogP contribution in [0, 0.1) is 0 Å². The van der Waals surface area contributed by atoms with Crippen molar-refractivity contribution in [3.8, 4) is 5.75 Å². The first-order valence-electron chi connectivity index (χ1n) is 8.88. The van der Waals surface area contributed by atoms with Crippen molar-refractivity contribution in [2.45, 2.75) is 0 Å². The predicted octanol–water partition coefficient (Wildman–Crippen LogP) is 2.34. The van der Waals surface area contributed by atoms with E-state index in [4.69, 9.17) is 4.74 Å². The van der Waals surface area contributed by atoms with Gasteiger partial charge in [0.1, 0.15) is 5.75 Å². The lowest BCUT2D eigenvalue weighted by Crippen LogP contribution is -2.50. The maximum absolute atomic E-state index is 12.3. The first-order valence-corrected chi connectivity index (χ1v) is 9.83. The van der Waals surface area contributed by atoms with Crippen LogP contribution in [0.25, 0.3) is 0 Å². The van der Waals surface area contributed by atoms with Crippen molar-refractivity contribution in [2.24, 2.45) is 0 Å². The Kier molecular flexibility index (Phi) is 6.67. The number of thiophene rings is 1. The lowest BCUT2D eigenvalue weighted by atomic mass is 10.2. The van der Waals surface area contributed by atoms with Gasteiger partial charge in [0.2, 0.25) is 0 Å². The minimum absolute atomic E-state index is 0.105. The smallest absolute Gasteiger partial charge is 0.319 e. The number of nitrogens with one attached hydrogen (secondary N) is 2. The maximum atomic E-state index is 12.3. The Labute approximate surface area is 162 Å². The number of carbonyl (C=O) groups excluding carboxylic acids is 2. The largest absolute Gasteiger partial charge is 0.497 e. The molecule has 0 unspecified atom stereocenters. The highest BCUT2D eigenvalue weighted by Gasteiger charge is 2.22. The topological polar surface area (TPSA) is 73.9 Å². The molecule has 2 N–H and O–H groups in total. The fourth-order valence-corrected chi connectivity index (χ4v) is 3.55. The molecule has 0 spiro atoms. The van der Waals surface area contributed by atoms with E-state index in [1.54, 1.807) is 31.4 Å². The Morgan fingerprint density at radius 2 is 1.85 bits per heavy atom. The number of nitrogens with zero attached hydrogens (tertiary/aromatic N) is 2. The number of rotatable bonds is 6. The van der Waals surface area contributed by atoms with Gasteiger partial charge in [-0.3, -0.25) is 9.69 Å². The summed E-state index contributed by atoms with van der Waals surface area (Å²) in [7, 11) is 1.60. The second-order valence-corrected chi connectivity index (χ2v) is 7.04. The van der Waals surface area contributed by atoms with Crippen LogP contribution in [0.2, 0.25) is 0 Å². The number of hydrogen-bond donors (Lipinski definition) is 2. The van der Waals surface area contributed by atoms with Gasteiger partial charge in [-0.1, -0.05) is 0 Å². The summed E-state index contributed by atoms with van der Waals surface area (Å²) in [6.07, 6.45) is 0. The van der Waals surface area contributed by atoms with E-state index < -0.39 is 0 Å². The summed E-state index contributed by atoms with van der Waals surface area (Å²) in [5.41, 5.74) is 1.49. The van der Waals surface area contributed by atoms with Crippen molar-refractivity contribution < 1.29 is 14.3 Å². The van der Waals surface area contributed by atoms with E-state index in [1.165, 1.54) is 11.3 Å². The number of ether oxygens (including phenoxy) is 1. The van der Waals surface area contributed by atoms with Gasteiger partial charge in [0.15, 0.2) is 0 Å². The molecule has 27 heavy (non-hydrogen) atoms. The van der Waals surface area contributed by atoms with Crippen LogP contribution in [0.3, 0.4) is 0 Å². The minimum atomic E-state index is -0.230. The van der Waals surface area contributed by atoms with Gasteiger partial charge in [-0.05, 0) is 35.7 Å². The number of urea groups is 1. The number of piperazine rings is 1. The molecule has 2 aromatic rings. The summed E-state index contributed by atoms with van der Waals surface area (Å²) in [6, 6.07) is 8.82. The molecule has 3 rings (SSSR count). The van der Waals surface area contributed by atoms with Crippen LogP contribution in [0.1, 0.15) is 10.4 Å². The van der Waals surface area contributed by atoms with Crippen LogP contribution in [0.4, 0.5) is 10.5 Å². The monoisotopic (exact) mass is 388 g/mol. The average Bonchev–Trinajstić information content (AvgIpc) is 3.23. The molecule has 0 saturated carbocycles.